The second-order valence-electron chi connectivity index (χ2n) is 12.1. The highest BCUT2D eigenvalue weighted by atomic mass is 19.1. The van der Waals surface area contributed by atoms with E-state index in [0.717, 1.165) is 31.2 Å². The van der Waals surface area contributed by atoms with Gasteiger partial charge >= 0.3 is 0 Å². The van der Waals surface area contributed by atoms with Crippen LogP contribution in [0.25, 0.3) is 11.3 Å². The predicted molar refractivity (Wildman–Crippen MR) is 157 cm³/mol. The first-order chi connectivity index (χ1) is 20.8. The summed E-state index contributed by atoms with van der Waals surface area (Å²) in [4.78, 5) is 22.7. The topological polar surface area (TPSA) is 95.7 Å². The van der Waals surface area contributed by atoms with Crippen LogP contribution in [0.3, 0.4) is 0 Å². The lowest BCUT2D eigenvalue weighted by atomic mass is 9.83. The average Bonchev–Trinajstić information content (AvgIpc) is 3.95. The summed E-state index contributed by atoms with van der Waals surface area (Å²) in [7, 11) is 1.56. The highest BCUT2D eigenvalue weighted by Crippen LogP contribution is 2.52. The van der Waals surface area contributed by atoms with Crippen molar-refractivity contribution in [2.75, 3.05) is 13.7 Å². The summed E-state index contributed by atoms with van der Waals surface area (Å²) in [6, 6.07) is 13.3. The Morgan fingerprint density at radius 2 is 1.93 bits per heavy atom. The molecule has 3 heterocycles. The molecule has 0 bridgehead atoms. The van der Waals surface area contributed by atoms with Gasteiger partial charge in [0.25, 0.3) is 0 Å². The monoisotopic (exact) mass is 583 g/mol. The van der Waals surface area contributed by atoms with Gasteiger partial charge in [0.2, 0.25) is 0 Å². The molecular weight excluding hydrogens is 549 g/mol. The fourth-order valence-electron chi connectivity index (χ4n) is 6.01. The Morgan fingerprint density at radius 1 is 1.14 bits per heavy atom. The highest BCUT2D eigenvalue weighted by molar-refractivity contribution is 5.96. The van der Waals surface area contributed by atoms with E-state index in [0.29, 0.717) is 46.4 Å². The lowest BCUT2D eigenvalue weighted by molar-refractivity contribution is -0.00118. The summed E-state index contributed by atoms with van der Waals surface area (Å²) in [6.07, 6.45) is 9.62. The van der Waals surface area contributed by atoms with E-state index >= 15 is 0 Å². The summed E-state index contributed by atoms with van der Waals surface area (Å²) >= 11 is 0. The number of carbonyl (C=O) groups is 1. The molecule has 8 nitrogen and oxygen atoms in total. The molecule has 0 unspecified atom stereocenters. The number of carbonyl (C=O) groups excluding carboxylic acids is 1. The number of hydrogen-bond acceptors (Lipinski definition) is 7. The minimum atomic E-state index is -1.34. The SMILES string of the molecule is COc1cc(C(=O)CC[C@](O)(c2cc3c(c(-c4ccc(F)cc4)n2)OC[C@]3(C)n2ccnc2)C2CC2)ccc1OC1CC1. The standard InChI is InChI=1S/C34H34FN3O5/c1-33(38-16-15-36-20-38)19-42-32-26(33)18-30(37-31(32)21-3-8-24(35)9-4-21)34(40,23-6-7-23)14-13-27(39)22-5-12-28(29(17-22)41-2)43-25-10-11-25/h3-5,8-9,12,15-18,20,23,25,40H,6-7,10-11,13-14,19H2,1-2H3/t33-,34+/m0/s1. The number of aliphatic hydroxyl groups is 1. The van der Waals surface area contributed by atoms with Gasteiger partial charge in [0.05, 0.1) is 25.2 Å². The van der Waals surface area contributed by atoms with Crippen LogP contribution in [0.1, 0.15) is 67.1 Å². The Kier molecular flexibility index (Phi) is 6.73. The van der Waals surface area contributed by atoms with Gasteiger partial charge in [-0.2, -0.15) is 0 Å². The van der Waals surface area contributed by atoms with E-state index in [4.69, 9.17) is 19.2 Å². The number of imidazole rings is 1. The van der Waals surface area contributed by atoms with Gasteiger partial charge in [0, 0.05) is 35.5 Å². The van der Waals surface area contributed by atoms with Gasteiger partial charge in [0.15, 0.2) is 23.0 Å². The van der Waals surface area contributed by atoms with Gasteiger partial charge in [-0.3, -0.25) is 4.79 Å². The summed E-state index contributed by atoms with van der Waals surface area (Å²) in [5.41, 5.74) is 1.14. The van der Waals surface area contributed by atoms with Gasteiger partial charge in [-0.05, 0) is 93.5 Å². The Hall–Kier alpha value is -4.24. The number of rotatable bonds is 11. The van der Waals surface area contributed by atoms with E-state index < -0.39 is 11.1 Å². The van der Waals surface area contributed by atoms with Crippen molar-refractivity contribution in [2.45, 2.75) is 62.7 Å². The fraction of sp³-hybridized carbons (Fsp3) is 0.382. The quantitative estimate of drug-likeness (QED) is 0.215. The van der Waals surface area contributed by atoms with E-state index in [2.05, 4.69) is 11.9 Å². The number of ether oxygens (including phenoxy) is 3. The van der Waals surface area contributed by atoms with Crippen molar-refractivity contribution in [2.24, 2.45) is 5.92 Å². The zero-order valence-corrected chi connectivity index (χ0v) is 24.3. The van der Waals surface area contributed by atoms with E-state index in [1.54, 1.807) is 50.0 Å². The lowest BCUT2D eigenvalue weighted by Gasteiger charge is -2.30. The number of nitrogens with zero attached hydrogens (tertiary/aromatic N) is 3. The summed E-state index contributed by atoms with van der Waals surface area (Å²) in [6.45, 7) is 2.41. The van der Waals surface area contributed by atoms with E-state index in [-0.39, 0.29) is 36.5 Å². The lowest BCUT2D eigenvalue weighted by Crippen LogP contribution is -2.34. The number of fused-ring (bicyclic) bond motifs is 1. The van der Waals surface area contributed by atoms with Crippen molar-refractivity contribution in [3.8, 4) is 28.5 Å². The normalized spacial score (nSPS) is 20.7. The van der Waals surface area contributed by atoms with Crippen LogP contribution in [-0.4, -0.2) is 45.2 Å². The Morgan fingerprint density at radius 3 is 2.60 bits per heavy atom. The van der Waals surface area contributed by atoms with Crippen molar-refractivity contribution >= 4 is 5.78 Å². The second-order valence-corrected chi connectivity index (χ2v) is 12.1. The Bertz CT molecular complexity index is 1670. The van der Waals surface area contributed by atoms with Gasteiger partial charge in [-0.1, -0.05) is 0 Å². The van der Waals surface area contributed by atoms with Crippen molar-refractivity contribution in [1.82, 2.24) is 14.5 Å². The molecular formula is C34H34FN3O5. The third kappa shape index (κ3) is 5.05. The molecule has 2 saturated carbocycles. The first-order valence-corrected chi connectivity index (χ1v) is 14.8. The molecule has 0 spiro atoms. The van der Waals surface area contributed by atoms with Crippen LogP contribution in [-0.2, 0) is 11.1 Å². The predicted octanol–water partition coefficient (Wildman–Crippen LogP) is 6.05. The minimum absolute atomic E-state index is 0.0300. The smallest absolute Gasteiger partial charge is 0.163 e. The zero-order valence-electron chi connectivity index (χ0n) is 24.3. The molecule has 4 aromatic rings. The van der Waals surface area contributed by atoms with Crippen molar-refractivity contribution < 1.29 is 28.5 Å². The highest BCUT2D eigenvalue weighted by Gasteiger charge is 2.49. The first kappa shape index (κ1) is 27.6. The number of Topliss-reactive ketones (excluding diaryl/α,β-unsaturated/α-hetero) is 1. The maximum Gasteiger partial charge on any atom is 0.163 e. The maximum absolute atomic E-state index is 13.9. The number of ketones is 1. The number of halogens is 1. The van der Waals surface area contributed by atoms with Gasteiger partial charge < -0.3 is 23.9 Å². The third-order valence-corrected chi connectivity index (χ3v) is 8.98. The molecule has 222 valence electrons. The maximum atomic E-state index is 13.9. The van der Waals surface area contributed by atoms with Gasteiger partial charge in [-0.15, -0.1) is 0 Å². The molecule has 2 aromatic carbocycles. The largest absolute Gasteiger partial charge is 0.493 e. The number of hydrogen-bond donors (Lipinski definition) is 1. The van der Waals surface area contributed by atoms with Crippen molar-refractivity contribution in [1.29, 1.82) is 0 Å². The van der Waals surface area contributed by atoms with Crippen molar-refractivity contribution in [3.05, 3.63) is 89.9 Å². The molecule has 2 atom stereocenters. The van der Waals surface area contributed by atoms with Crippen LogP contribution in [0.4, 0.5) is 4.39 Å². The number of aromatic nitrogens is 3. The minimum Gasteiger partial charge on any atom is -0.493 e. The summed E-state index contributed by atoms with van der Waals surface area (Å²) in [5, 5.41) is 12.3. The molecule has 1 aliphatic heterocycles. The van der Waals surface area contributed by atoms with Crippen LogP contribution in [0.5, 0.6) is 17.2 Å². The van der Waals surface area contributed by atoms with Crippen molar-refractivity contribution in [3.63, 3.8) is 0 Å². The first-order valence-electron chi connectivity index (χ1n) is 14.8. The fourth-order valence-corrected chi connectivity index (χ4v) is 6.01. The average molecular weight is 584 g/mol. The van der Waals surface area contributed by atoms with E-state index in [1.165, 1.54) is 12.1 Å². The van der Waals surface area contributed by atoms with Crippen LogP contribution in [0.15, 0.2) is 67.3 Å². The van der Waals surface area contributed by atoms with Gasteiger partial charge in [-0.25, -0.2) is 14.4 Å². The molecule has 43 heavy (non-hydrogen) atoms. The van der Waals surface area contributed by atoms with E-state index in [9.17, 15) is 14.3 Å². The van der Waals surface area contributed by atoms with Crippen LogP contribution in [0, 0.1) is 11.7 Å². The van der Waals surface area contributed by atoms with Gasteiger partial charge in [0.1, 0.15) is 29.3 Å². The molecule has 0 saturated heterocycles. The third-order valence-electron chi connectivity index (χ3n) is 8.98. The number of methoxy groups -OCH3 is 1. The molecule has 1 N–H and O–H groups in total. The second kappa shape index (κ2) is 10.5. The number of pyridine rings is 1. The Balaban J connectivity index is 1.24. The molecule has 2 fully saturated rings. The van der Waals surface area contributed by atoms with Crippen LogP contribution < -0.4 is 14.2 Å². The molecule has 0 radical (unpaired) electrons. The molecule has 0 amide bonds. The summed E-state index contributed by atoms with van der Waals surface area (Å²) < 4.78 is 33.5. The zero-order chi connectivity index (χ0) is 29.8. The summed E-state index contributed by atoms with van der Waals surface area (Å²) in [5.74, 6) is 1.28. The number of benzene rings is 2. The van der Waals surface area contributed by atoms with E-state index in [1.807, 2.05) is 16.8 Å². The molecule has 2 aromatic heterocycles. The van der Waals surface area contributed by atoms with Crippen LogP contribution in [0.2, 0.25) is 0 Å². The molecule has 2 aliphatic carbocycles. The molecule has 9 heteroatoms. The molecule has 3 aliphatic rings. The Labute approximate surface area is 249 Å². The van der Waals surface area contributed by atoms with Crippen LogP contribution >= 0.6 is 0 Å². The molecule has 7 rings (SSSR count).